The van der Waals surface area contributed by atoms with Gasteiger partial charge in [-0.3, -0.25) is 0 Å². The van der Waals surface area contributed by atoms with Crippen LogP contribution >= 0.6 is 11.6 Å². The zero-order valence-corrected chi connectivity index (χ0v) is 9.96. The first kappa shape index (κ1) is 11.3. The summed E-state index contributed by atoms with van der Waals surface area (Å²) in [6, 6.07) is 7.85. The molecule has 0 amide bonds. The summed E-state index contributed by atoms with van der Waals surface area (Å²) in [6.45, 7) is 2.13. The predicted molar refractivity (Wildman–Crippen MR) is 65.7 cm³/mol. The highest BCUT2D eigenvalue weighted by Crippen LogP contribution is 2.25. The fourth-order valence-electron chi connectivity index (χ4n) is 1.98. The van der Waals surface area contributed by atoms with Crippen LogP contribution in [0.1, 0.15) is 12.0 Å². The van der Waals surface area contributed by atoms with Crippen LogP contribution in [-0.2, 0) is 0 Å². The molecule has 0 saturated carbocycles. The number of likely N-dealkylation sites (tertiary alicyclic amines) is 1. The van der Waals surface area contributed by atoms with Gasteiger partial charge in [0, 0.05) is 12.6 Å². The lowest BCUT2D eigenvalue weighted by atomic mass is 10.2. The molecule has 1 aromatic rings. The number of rotatable bonds is 2. The van der Waals surface area contributed by atoms with Gasteiger partial charge in [0.15, 0.2) is 0 Å². The number of nitrogens with zero attached hydrogens (tertiary/aromatic N) is 2. The second-order valence-electron chi connectivity index (χ2n) is 4.20. The van der Waals surface area contributed by atoms with Crippen molar-refractivity contribution in [3.05, 3.63) is 28.8 Å². The van der Waals surface area contributed by atoms with Crippen molar-refractivity contribution in [1.82, 2.24) is 4.90 Å². The Bertz CT molecular complexity index is 425. The molecule has 1 saturated heterocycles. The molecular formula is C12H14ClN3. The van der Waals surface area contributed by atoms with Crippen LogP contribution in [0.2, 0.25) is 5.02 Å². The lowest BCUT2D eigenvalue weighted by Crippen LogP contribution is -2.23. The van der Waals surface area contributed by atoms with Crippen molar-refractivity contribution < 1.29 is 0 Å². The second kappa shape index (κ2) is 4.73. The van der Waals surface area contributed by atoms with Gasteiger partial charge in [-0.1, -0.05) is 11.6 Å². The van der Waals surface area contributed by atoms with Crippen LogP contribution in [0.15, 0.2) is 18.2 Å². The van der Waals surface area contributed by atoms with Crippen molar-refractivity contribution >= 4 is 17.3 Å². The average molecular weight is 236 g/mol. The summed E-state index contributed by atoms with van der Waals surface area (Å²) in [5, 5.41) is 12.9. The van der Waals surface area contributed by atoms with E-state index in [-0.39, 0.29) is 0 Å². The normalized spacial score (nSPS) is 20.7. The van der Waals surface area contributed by atoms with Gasteiger partial charge in [-0.25, -0.2) is 0 Å². The molecule has 0 bridgehead atoms. The third kappa shape index (κ3) is 2.46. The fourth-order valence-corrected chi connectivity index (χ4v) is 2.15. The number of nitrogens with one attached hydrogen (secondary N) is 1. The monoisotopic (exact) mass is 235 g/mol. The summed E-state index contributed by atoms with van der Waals surface area (Å²) < 4.78 is 0. The maximum Gasteiger partial charge on any atom is 0.0992 e. The molecule has 1 aliphatic rings. The number of anilines is 1. The van der Waals surface area contributed by atoms with E-state index >= 15 is 0 Å². The van der Waals surface area contributed by atoms with Gasteiger partial charge in [0.2, 0.25) is 0 Å². The molecule has 1 fully saturated rings. The molecule has 1 unspecified atom stereocenters. The number of hydrogen-bond donors (Lipinski definition) is 1. The molecule has 3 nitrogen and oxygen atoms in total. The molecule has 16 heavy (non-hydrogen) atoms. The van der Waals surface area contributed by atoms with Crippen LogP contribution in [0, 0.1) is 11.3 Å². The first-order valence-electron chi connectivity index (χ1n) is 5.34. The van der Waals surface area contributed by atoms with E-state index in [0.717, 1.165) is 25.2 Å². The summed E-state index contributed by atoms with van der Waals surface area (Å²) >= 11 is 6.08. The Morgan fingerprint density at radius 3 is 3.00 bits per heavy atom. The lowest BCUT2D eigenvalue weighted by Gasteiger charge is -2.15. The number of benzene rings is 1. The van der Waals surface area contributed by atoms with Crippen molar-refractivity contribution in [2.45, 2.75) is 12.5 Å². The van der Waals surface area contributed by atoms with E-state index in [9.17, 15) is 0 Å². The standard InChI is InChI=1S/C12H14ClN3/c1-16-5-4-10(8-16)15-12-6-9(7-14)2-3-11(12)13/h2-3,6,10,15H,4-5,8H2,1H3. The number of hydrogen-bond acceptors (Lipinski definition) is 3. The van der Waals surface area contributed by atoms with Crippen LogP contribution < -0.4 is 5.32 Å². The lowest BCUT2D eigenvalue weighted by molar-refractivity contribution is 0.414. The SMILES string of the molecule is CN1CCC(Nc2cc(C#N)ccc2Cl)C1. The summed E-state index contributed by atoms with van der Waals surface area (Å²) in [5.41, 5.74) is 1.50. The minimum atomic E-state index is 0.427. The first-order chi connectivity index (χ1) is 7.69. The molecule has 1 N–H and O–H groups in total. The summed E-state index contributed by atoms with van der Waals surface area (Å²) in [4.78, 5) is 2.28. The minimum absolute atomic E-state index is 0.427. The van der Waals surface area contributed by atoms with Crippen molar-refractivity contribution in [3.63, 3.8) is 0 Å². The van der Waals surface area contributed by atoms with Crippen LogP contribution in [0.25, 0.3) is 0 Å². The largest absolute Gasteiger partial charge is 0.380 e. The minimum Gasteiger partial charge on any atom is -0.380 e. The van der Waals surface area contributed by atoms with E-state index in [1.807, 2.05) is 0 Å². The van der Waals surface area contributed by atoms with E-state index in [1.165, 1.54) is 0 Å². The molecule has 1 aromatic carbocycles. The first-order valence-corrected chi connectivity index (χ1v) is 5.71. The smallest absolute Gasteiger partial charge is 0.0992 e. The molecule has 0 aliphatic carbocycles. The molecule has 1 heterocycles. The van der Waals surface area contributed by atoms with Gasteiger partial charge in [0.1, 0.15) is 0 Å². The average Bonchev–Trinajstić information content (AvgIpc) is 2.67. The van der Waals surface area contributed by atoms with Gasteiger partial charge in [-0.15, -0.1) is 0 Å². The Morgan fingerprint density at radius 1 is 1.56 bits per heavy atom. The third-order valence-electron chi connectivity index (χ3n) is 2.85. The Labute approximate surface area is 101 Å². The number of halogens is 1. The molecule has 1 aliphatic heterocycles. The fraction of sp³-hybridized carbons (Fsp3) is 0.417. The van der Waals surface area contributed by atoms with Crippen LogP contribution in [0.5, 0.6) is 0 Å². The molecule has 1 atom stereocenters. The van der Waals surface area contributed by atoms with Gasteiger partial charge in [-0.2, -0.15) is 5.26 Å². The van der Waals surface area contributed by atoms with Crippen molar-refractivity contribution in [3.8, 4) is 6.07 Å². The maximum absolute atomic E-state index is 8.83. The number of nitriles is 1. The van der Waals surface area contributed by atoms with Gasteiger partial charge < -0.3 is 10.2 Å². The topological polar surface area (TPSA) is 39.1 Å². The zero-order chi connectivity index (χ0) is 11.5. The molecule has 4 heteroatoms. The van der Waals surface area contributed by atoms with Crippen LogP contribution in [-0.4, -0.2) is 31.1 Å². The molecule has 84 valence electrons. The molecule has 0 radical (unpaired) electrons. The maximum atomic E-state index is 8.83. The quantitative estimate of drug-likeness (QED) is 0.855. The molecular weight excluding hydrogens is 222 g/mol. The van der Waals surface area contributed by atoms with E-state index in [4.69, 9.17) is 16.9 Å². The van der Waals surface area contributed by atoms with Crippen molar-refractivity contribution in [1.29, 1.82) is 5.26 Å². The van der Waals surface area contributed by atoms with Gasteiger partial charge >= 0.3 is 0 Å². The van der Waals surface area contributed by atoms with Crippen molar-refractivity contribution in [2.75, 3.05) is 25.5 Å². The summed E-state index contributed by atoms with van der Waals surface area (Å²) in [7, 11) is 2.11. The van der Waals surface area contributed by atoms with Crippen LogP contribution in [0.4, 0.5) is 5.69 Å². The van der Waals surface area contributed by atoms with Gasteiger partial charge in [0.05, 0.1) is 22.3 Å². The highest BCUT2D eigenvalue weighted by molar-refractivity contribution is 6.33. The Kier molecular flexibility index (Phi) is 3.33. The molecule has 2 rings (SSSR count). The van der Waals surface area contributed by atoms with E-state index < -0.39 is 0 Å². The van der Waals surface area contributed by atoms with Gasteiger partial charge in [0.25, 0.3) is 0 Å². The molecule has 0 aromatic heterocycles. The van der Waals surface area contributed by atoms with E-state index in [2.05, 4.69) is 23.3 Å². The zero-order valence-electron chi connectivity index (χ0n) is 9.20. The molecule has 0 spiro atoms. The van der Waals surface area contributed by atoms with Crippen LogP contribution in [0.3, 0.4) is 0 Å². The Morgan fingerprint density at radius 2 is 2.38 bits per heavy atom. The highest BCUT2D eigenvalue weighted by atomic mass is 35.5. The second-order valence-corrected chi connectivity index (χ2v) is 4.61. The third-order valence-corrected chi connectivity index (χ3v) is 3.18. The van der Waals surface area contributed by atoms with E-state index in [1.54, 1.807) is 18.2 Å². The Hall–Kier alpha value is -1.24. The van der Waals surface area contributed by atoms with Gasteiger partial charge in [-0.05, 0) is 38.2 Å². The summed E-state index contributed by atoms with van der Waals surface area (Å²) in [6.07, 6.45) is 1.11. The summed E-state index contributed by atoms with van der Waals surface area (Å²) in [5.74, 6) is 0. The number of likely N-dealkylation sites (N-methyl/N-ethyl adjacent to an activating group) is 1. The van der Waals surface area contributed by atoms with E-state index in [0.29, 0.717) is 16.6 Å². The Balaban J connectivity index is 2.12. The van der Waals surface area contributed by atoms with Crippen molar-refractivity contribution in [2.24, 2.45) is 0 Å². The predicted octanol–water partition coefficient (Wildman–Crippen LogP) is 2.33. The highest BCUT2D eigenvalue weighted by Gasteiger charge is 2.19.